The summed E-state index contributed by atoms with van der Waals surface area (Å²) in [7, 11) is 0. The Kier molecular flexibility index (Phi) is 4.01. The van der Waals surface area contributed by atoms with Gasteiger partial charge in [0.2, 0.25) is 0 Å². The quantitative estimate of drug-likeness (QED) is 0.929. The topological polar surface area (TPSA) is 66.8 Å². The summed E-state index contributed by atoms with van der Waals surface area (Å²) in [5, 5.41) is 17.8. The van der Waals surface area contributed by atoms with E-state index in [0.29, 0.717) is 18.3 Å². The van der Waals surface area contributed by atoms with Crippen molar-refractivity contribution in [2.75, 3.05) is 29.9 Å². The summed E-state index contributed by atoms with van der Waals surface area (Å²) in [6, 6.07) is 6.04. The maximum atomic E-state index is 12.4. The molecule has 122 valence electrons. The van der Waals surface area contributed by atoms with Crippen LogP contribution in [0.3, 0.4) is 0 Å². The zero-order valence-corrected chi connectivity index (χ0v) is 12.4. The molecule has 1 N–H and O–H groups in total. The van der Waals surface area contributed by atoms with Crippen molar-refractivity contribution in [2.24, 2.45) is 5.92 Å². The van der Waals surface area contributed by atoms with Crippen LogP contribution in [0.2, 0.25) is 0 Å². The van der Waals surface area contributed by atoms with Gasteiger partial charge in [0.1, 0.15) is 5.82 Å². The Morgan fingerprint density at radius 2 is 1.87 bits per heavy atom. The summed E-state index contributed by atoms with van der Waals surface area (Å²) in [4.78, 5) is 2.09. The Labute approximate surface area is 130 Å². The van der Waals surface area contributed by atoms with Crippen LogP contribution in [0.5, 0.6) is 0 Å². The number of anilines is 2. The fraction of sp³-hybridized carbons (Fsp3) is 0.429. The van der Waals surface area contributed by atoms with Crippen molar-refractivity contribution in [1.82, 2.24) is 20.4 Å². The highest BCUT2D eigenvalue weighted by molar-refractivity contribution is 5.41. The van der Waals surface area contributed by atoms with Crippen LogP contribution in [0.25, 0.3) is 0 Å². The minimum absolute atomic E-state index is 0.339. The monoisotopic (exact) mass is 324 g/mol. The molecule has 0 amide bonds. The molecule has 0 aromatic carbocycles. The lowest BCUT2D eigenvalue weighted by molar-refractivity contribution is -0.141. The van der Waals surface area contributed by atoms with Crippen molar-refractivity contribution in [3.8, 4) is 0 Å². The van der Waals surface area contributed by atoms with Crippen LogP contribution < -0.4 is 10.2 Å². The summed E-state index contributed by atoms with van der Waals surface area (Å²) in [5.41, 5.74) is -0.121. The number of rotatable bonds is 4. The summed E-state index contributed by atoms with van der Waals surface area (Å²) in [5.74, 6) is 1.55. The lowest BCUT2D eigenvalue weighted by Gasteiger charge is -2.39. The van der Waals surface area contributed by atoms with E-state index in [2.05, 4.69) is 30.6 Å². The minimum Gasteiger partial charge on any atom is -0.368 e. The fourth-order valence-corrected chi connectivity index (χ4v) is 2.27. The van der Waals surface area contributed by atoms with Gasteiger partial charge in [0.25, 0.3) is 0 Å². The summed E-state index contributed by atoms with van der Waals surface area (Å²) < 4.78 is 37.2. The first-order chi connectivity index (χ1) is 10.9. The molecular weight excluding hydrogens is 309 g/mol. The minimum atomic E-state index is -4.46. The number of aromatic nitrogens is 4. The Morgan fingerprint density at radius 1 is 1.09 bits per heavy atom. The van der Waals surface area contributed by atoms with E-state index in [1.807, 2.05) is 19.1 Å². The SMILES string of the molecule is Cc1ccc(N2CC(CNc3ccc(C(F)(F)F)nn3)C2)nn1. The average Bonchev–Trinajstić information content (AvgIpc) is 2.47. The second-order valence-electron chi connectivity index (χ2n) is 5.49. The molecule has 0 atom stereocenters. The first-order valence-electron chi connectivity index (χ1n) is 7.12. The smallest absolute Gasteiger partial charge is 0.368 e. The van der Waals surface area contributed by atoms with Gasteiger partial charge in [-0.15, -0.1) is 15.3 Å². The molecule has 1 aliphatic heterocycles. The maximum Gasteiger partial charge on any atom is 0.435 e. The molecule has 9 heteroatoms. The number of alkyl halides is 3. The van der Waals surface area contributed by atoms with Gasteiger partial charge in [-0.2, -0.15) is 18.3 Å². The number of aryl methyl sites for hydroxylation is 1. The van der Waals surface area contributed by atoms with Crippen LogP contribution >= 0.6 is 0 Å². The molecule has 2 aromatic heterocycles. The lowest BCUT2D eigenvalue weighted by atomic mass is 10.0. The molecule has 0 radical (unpaired) electrons. The predicted octanol–water partition coefficient (Wildman–Crippen LogP) is 2.14. The van der Waals surface area contributed by atoms with Crippen molar-refractivity contribution in [2.45, 2.75) is 13.1 Å². The molecular formula is C14H15F3N6. The Bertz CT molecular complexity index is 650. The highest BCUT2D eigenvalue weighted by Crippen LogP contribution is 2.27. The van der Waals surface area contributed by atoms with Gasteiger partial charge in [-0.05, 0) is 31.2 Å². The molecule has 2 aromatic rings. The van der Waals surface area contributed by atoms with Gasteiger partial charge in [-0.25, -0.2) is 0 Å². The zero-order valence-electron chi connectivity index (χ0n) is 12.4. The van der Waals surface area contributed by atoms with Gasteiger partial charge in [0.05, 0.1) is 5.69 Å². The maximum absolute atomic E-state index is 12.4. The number of hydrogen-bond donors (Lipinski definition) is 1. The standard InChI is InChI=1S/C14H15F3N6/c1-9-2-5-13(22-19-9)23-7-10(8-23)6-18-12-4-3-11(20-21-12)14(15,16)17/h2-5,10H,6-8H2,1H3,(H,18,21). The third-order valence-electron chi connectivity index (χ3n) is 3.59. The van der Waals surface area contributed by atoms with E-state index in [-0.39, 0.29) is 0 Å². The second-order valence-corrected chi connectivity index (χ2v) is 5.49. The third-order valence-corrected chi connectivity index (χ3v) is 3.59. The summed E-state index contributed by atoms with van der Waals surface area (Å²) >= 11 is 0. The number of nitrogens with one attached hydrogen (secondary N) is 1. The van der Waals surface area contributed by atoms with E-state index in [4.69, 9.17) is 0 Å². The Hall–Kier alpha value is -2.45. The lowest BCUT2D eigenvalue weighted by Crippen LogP contribution is -2.50. The van der Waals surface area contributed by atoms with E-state index in [0.717, 1.165) is 30.7 Å². The van der Waals surface area contributed by atoms with Crippen LogP contribution in [-0.2, 0) is 6.18 Å². The molecule has 23 heavy (non-hydrogen) atoms. The molecule has 3 rings (SSSR count). The highest BCUT2D eigenvalue weighted by Gasteiger charge is 2.33. The molecule has 1 fully saturated rings. The van der Waals surface area contributed by atoms with Gasteiger partial charge in [0.15, 0.2) is 11.5 Å². The van der Waals surface area contributed by atoms with Gasteiger partial charge < -0.3 is 10.2 Å². The Balaban J connectivity index is 1.46. The van der Waals surface area contributed by atoms with Gasteiger partial charge in [-0.3, -0.25) is 0 Å². The van der Waals surface area contributed by atoms with Crippen molar-refractivity contribution in [3.63, 3.8) is 0 Å². The van der Waals surface area contributed by atoms with Crippen LogP contribution in [-0.4, -0.2) is 40.0 Å². The molecule has 1 aliphatic rings. The zero-order chi connectivity index (χ0) is 16.4. The van der Waals surface area contributed by atoms with Crippen molar-refractivity contribution >= 4 is 11.6 Å². The first-order valence-corrected chi connectivity index (χ1v) is 7.12. The predicted molar refractivity (Wildman–Crippen MR) is 78.0 cm³/mol. The van der Waals surface area contributed by atoms with E-state index in [1.165, 1.54) is 6.07 Å². The Morgan fingerprint density at radius 3 is 2.43 bits per heavy atom. The van der Waals surface area contributed by atoms with Gasteiger partial charge in [0, 0.05) is 25.6 Å². The van der Waals surface area contributed by atoms with Crippen LogP contribution in [0.4, 0.5) is 24.8 Å². The molecule has 3 heterocycles. The summed E-state index contributed by atoms with van der Waals surface area (Å²) in [6.45, 7) is 4.14. The molecule has 0 unspecified atom stereocenters. The van der Waals surface area contributed by atoms with E-state index in [1.54, 1.807) is 0 Å². The second kappa shape index (κ2) is 5.98. The van der Waals surface area contributed by atoms with Gasteiger partial charge in [-0.1, -0.05) is 0 Å². The normalized spacial score (nSPS) is 15.4. The van der Waals surface area contributed by atoms with E-state index >= 15 is 0 Å². The first kappa shape index (κ1) is 15.4. The highest BCUT2D eigenvalue weighted by atomic mass is 19.4. The number of nitrogens with zero attached hydrogens (tertiary/aromatic N) is 5. The van der Waals surface area contributed by atoms with Crippen molar-refractivity contribution < 1.29 is 13.2 Å². The van der Waals surface area contributed by atoms with Gasteiger partial charge >= 0.3 is 6.18 Å². The third kappa shape index (κ3) is 3.66. The van der Waals surface area contributed by atoms with Crippen molar-refractivity contribution in [1.29, 1.82) is 0 Å². The average molecular weight is 324 g/mol. The molecule has 0 aliphatic carbocycles. The fourth-order valence-electron chi connectivity index (χ4n) is 2.27. The van der Waals surface area contributed by atoms with Crippen LogP contribution in [0.1, 0.15) is 11.4 Å². The molecule has 6 nitrogen and oxygen atoms in total. The summed E-state index contributed by atoms with van der Waals surface area (Å²) in [6.07, 6.45) is -4.46. The van der Waals surface area contributed by atoms with E-state index < -0.39 is 11.9 Å². The van der Waals surface area contributed by atoms with Crippen LogP contribution in [0.15, 0.2) is 24.3 Å². The van der Waals surface area contributed by atoms with Crippen molar-refractivity contribution in [3.05, 3.63) is 35.7 Å². The number of halogens is 3. The van der Waals surface area contributed by atoms with E-state index in [9.17, 15) is 13.2 Å². The molecule has 0 saturated carbocycles. The molecule has 1 saturated heterocycles. The van der Waals surface area contributed by atoms with Crippen LogP contribution in [0, 0.1) is 12.8 Å². The molecule has 0 bridgehead atoms. The number of hydrogen-bond acceptors (Lipinski definition) is 6. The molecule has 0 spiro atoms. The largest absolute Gasteiger partial charge is 0.435 e.